The Bertz CT molecular complexity index is 1340. The van der Waals surface area contributed by atoms with E-state index in [1.165, 1.54) is 0 Å². The number of benzene rings is 2. The molecule has 0 bridgehead atoms. The lowest BCUT2D eigenvalue weighted by Gasteiger charge is -2.17. The third-order valence-electron chi connectivity index (χ3n) is 5.87. The molecule has 3 N–H and O–H groups in total. The molecule has 35 heavy (non-hydrogen) atoms. The number of hydrogen-bond donors (Lipinski definition) is 3. The Hall–Kier alpha value is -3.98. The quantitative estimate of drug-likeness (QED) is 0.502. The molecule has 10 heteroatoms. The lowest BCUT2D eigenvalue weighted by molar-refractivity contribution is -0.115. The number of nitrogens with zero attached hydrogens (tertiary/aromatic N) is 4. The number of carbonyl (C=O) groups excluding carboxylic acids is 2. The molecule has 2 aliphatic rings. The van der Waals surface area contributed by atoms with Crippen molar-refractivity contribution in [2.75, 3.05) is 24.2 Å². The summed E-state index contributed by atoms with van der Waals surface area (Å²) < 4.78 is 0. The van der Waals surface area contributed by atoms with Crippen LogP contribution in [-0.2, 0) is 11.2 Å². The van der Waals surface area contributed by atoms with E-state index in [1.54, 1.807) is 42.4 Å². The smallest absolute Gasteiger partial charge is 0.253 e. The van der Waals surface area contributed by atoms with E-state index in [4.69, 9.17) is 11.6 Å². The largest absolute Gasteiger partial charge is 0.336 e. The van der Waals surface area contributed by atoms with Crippen LogP contribution in [0.1, 0.15) is 29.3 Å². The van der Waals surface area contributed by atoms with Crippen molar-refractivity contribution in [2.24, 2.45) is 5.10 Å². The SMILES string of the molecule is CC1CC(CN(C)C(=O)c2ccc(Nc3ncc4c(n3)-c3ccc(Cl)cc3NC(=O)C4)cc2)=NN1. The Morgan fingerprint density at radius 3 is 2.77 bits per heavy atom. The van der Waals surface area contributed by atoms with Gasteiger partial charge in [0.25, 0.3) is 5.91 Å². The molecule has 0 spiro atoms. The van der Waals surface area contributed by atoms with E-state index in [0.29, 0.717) is 40.5 Å². The molecule has 0 fully saturated rings. The average Bonchev–Trinajstić information content (AvgIpc) is 3.18. The van der Waals surface area contributed by atoms with Crippen molar-refractivity contribution >= 4 is 46.5 Å². The second kappa shape index (κ2) is 9.34. The maximum absolute atomic E-state index is 12.8. The van der Waals surface area contributed by atoms with Crippen molar-refractivity contribution in [1.82, 2.24) is 20.3 Å². The maximum Gasteiger partial charge on any atom is 0.253 e. The number of rotatable bonds is 5. The van der Waals surface area contributed by atoms with Crippen LogP contribution in [0.4, 0.5) is 17.3 Å². The minimum atomic E-state index is -0.146. The van der Waals surface area contributed by atoms with Gasteiger partial charge in [0.15, 0.2) is 0 Å². The van der Waals surface area contributed by atoms with Gasteiger partial charge in [0.2, 0.25) is 11.9 Å². The highest BCUT2D eigenvalue weighted by Crippen LogP contribution is 2.34. The van der Waals surface area contributed by atoms with Gasteiger partial charge in [-0.05, 0) is 49.4 Å². The Balaban J connectivity index is 1.32. The molecule has 0 saturated carbocycles. The number of anilines is 3. The summed E-state index contributed by atoms with van der Waals surface area (Å²) in [7, 11) is 1.77. The van der Waals surface area contributed by atoms with E-state index in [9.17, 15) is 9.59 Å². The van der Waals surface area contributed by atoms with Crippen molar-refractivity contribution in [3.05, 3.63) is 64.8 Å². The van der Waals surface area contributed by atoms with Gasteiger partial charge in [0.1, 0.15) is 0 Å². The van der Waals surface area contributed by atoms with Crippen molar-refractivity contribution in [1.29, 1.82) is 0 Å². The molecule has 0 radical (unpaired) electrons. The van der Waals surface area contributed by atoms with Crippen LogP contribution in [0.2, 0.25) is 5.02 Å². The van der Waals surface area contributed by atoms with Gasteiger partial charge in [0.05, 0.1) is 30.1 Å². The van der Waals surface area contributed by atoms with E-state index < -0.39 is 0 Å². The molecule has 178 valence electrons. The molecule has 1 atom stereocenters. The number of nitrogens with one attached hydrogen (secondary N) is 3. The number of aromatic nitrogens is 2. The van der Waals surface area contributed by atoms with Gasteiger partial charge in [-0.15, -0.1) is 0 Å². The molecule has 3 aromatic rings. The molecular weight excluding hydrogens is 466 g/mol. The molecule has 0 saturated heterocycles. The van der Waals surface area contributed by atoms with Crippen LogP contribution < -0.4 is 16.1 Å². The van der Waals surface area contributed by atoms with E-state index in [0.717, 1.165) is 28.9 Å². The van der Waals surface area contributed by atoms with Crippen LogP contribution >= 0.6 is 11.6 Å². The number of hydrazone groups is 1. The van der Waals surface area contributed by atoms with E-state index in [-0.39, 0.29) is 18.2 Å². The minimum absolute atomic E-state index is 0.0764. The van der Waals surface area contributed by atoms with Crippen LogP contribution in [0.3, 0.4) is 0 Å². The highest BCUT2D eigenvalue weighted by molar-refractivity contribution is 6.31. The second-order valence-electron chi connectivity index (χ2n) is 8.76. The first-order valence-electron chi connectivity index (χ1n) is 11.2. The third kappa shape index (κ3) is 4.95. The summed E-state index contributed by atoms with van der Waals surface area (Å²) >= 11 is 6.11. The van der Waals surface area contributed by atoms with E-state index in [1.807, 2.05) is 18.2 Å². The number of amides is 2. The van der Waals surface area contributed by atoms with Crippen LogP contribution in [0, 0.1) is 0 Å². The Labute approximate surface area is 207 Å². The first-order chi connectivity index (χ1) is 16.9. The zero-order valence-corrected chi connectivity index (χ0v) is 20.1. The Kier molecular flexibility index (Phi) is 6.08. The second-order valence-corrected chi connectivity index (χ2v) is 9.19. The van der Waals surface area contributed by atoms with Crippen LogP contribution in [0.5, 0.6) is 0 Å². The highest BCUT2D eigenvalue weighted by Gasteiger charge is 2.22. The van der Waals surface area contributed by atoms with E-state index >= 15 is 0 Å². The first-order valence-corrected chi connectivity index (χ1v) is 11.6. The maximum atomic E-state index is 12.8. The highest BCUT2D eigenvalue weighted by atomic mass is 35.5. The fourth-order valence-corrected chi connectivity index (χ4v) is 4.33. The van der Waals surface area contributed by atoms with Crippen LogP contribution in [0.15, 0.2) is 53.8 Å². The monoisotopic (exact) mass is 489 g/mol. The zero-order chi connectivity index (χ0) is 24.5. The van der Waals surface area contributed by atoms with Gasteiger partial charge >= 0.3 is 0 Å². The molecule has 0 aliphatic carbocycles. The van der Waals surface area contributed by atoms with Gasteiger partial charge in [-0.25, -0.2) is 9.97 Å². The normalized spacial score (nSPS) is 16.3. The molecule has 2 amide bonds. The molecule has 2 aromatic carbocycles. The Morgan fingerprint density at radius 1 is 1.23 bits per heavy atom. The number of fused-ring (bicyclic) bond motifs is 3. The molecule has 1 unspecified atom stereocenters. The summed E-state index contributed by atoms with van der Waals surface area (Å²) in [5, 5.41) is 10.9. The number of carbonyl (C=O) groups is 2. The molecule has 2 aliphatic heterocycles. The van der Waals surface area contributed by atoms with Crippen molar-refractivity contribution in [3.63, 3.8) is 0 Å². The third-order valence-corrected chi connectivity index (χ3v) is 6.10. The van der Waals surface area contributed by atoms with E-state index in [2.05, 4.69) is 38.1 Å². The predicted octanol–water partition coefficient (Wildman–Crippen LogP) is 3.85. The molecule has 9 nitrogen and oxygen atoms in total. The summed E-state index contributed by atoms with van der Waals surface area (Å²) in [6.07, 6.45) is 2.67. The molecule has 5 rings (SSSR count). The standard InChI is InChI=1S/C25H24ClN7O2/c1-14-9-19(32-31-14)13-33(2)24(35)15-3-6-18(7-4-15)28-25-27-12-16-10-22(34)29-21-11-17(26)5-8-20(21)23(16)30-25/h3-8,11-12,14,31H,9-10,13H2,1-2H3,(H,29,34)(H,27,28,30). The van der Waals surface area contributed by atoms with Crippen LogP contribution in [-0.4, -0.2) is 52.0 Å². The van der Waals surface area contributed by atoms with Crippen molar-refractivity contribution in [3.8, 4) is 11.3 Å². The lowest BCUT2D eigenvalue weighted by Crippen LogP contribution is -2.31. The summed E-state index contributed by atoms with van der Waals surface area (Å²) in [6, 6.07) is 12.8. The summed E-state index contributed by atoms with van der Waals surface area (Å²) in [6.45, 7) is 2.55. The molecule has 1 aromatic heterocycles. The molecule has 3 heterocycles. The van der Waals surface area contributed by atoms with Gasteiger partial charge in [0, 0.05) is 53.1 Å². The van der Waals surface area contributed by atoms with Gasteiger partial charge < -0.3 is 21.0 Å². The van der Waals surface area contributed by atoms with Crippen LogP contribution in [0.25, 0.3) is 11.3 Å². The van der Waals surface area contributed by atoms with Gasteiger partial charge in [-0.1, -0.05) is 11.6 Å². The predicted molar refractivity (Wildman–Crippen MR) is 136 cm³/mol. The summed E-state index contributed by atoms with van der Waals surface area (Å²) in [5.41, 5.74) is 8.10. The fraction of sp³-hybridized carbons (Fsp3) is 0.240. The number of hydrogen-bond acceptors (Lipinski definition) is 7. The zero-order valence-electron chi connectivity index (χ0n) is 19.3. The van der Waals surface area contributed by atoms with Gasteiger partial charge in [-0.2, -0.15) is 5.10 Å². The van der Waals surface area contributed by atoms with Gasteiger partial charge in [-0.3, -0.25) is 9.59 Å². The van der Waals surface area contributed by atoms with Crippen molar-refractivity contribution in [2.45, 2.75) is 25.8 Å². The fourth-order valence-electron chi connectivity index (χ4n) is 4.16. The van der Waals surface area contributed by atoms with Crippen molar-refractivity contribution < 1.29 is 9.59 Å². The minimum Gasteiger partial charge on any atom is -0.336 e. The Morgan fingerprint density at radius 2 is 2.03 bits per heavy atom. The summed E-state index contributed by atoms with van der Waals surface area (Å²) in [5.74, 6) is 0.163. The average molecular weight is 490 g/mol. The topological polar surface area (TPSA) is 112 Å². The number of halogens is 1. The lowest BCUT2D eigenvalue weighted by atomic mass is 10.1. The first kappa shape index (κ1) is 22.8. The summed E-state index contributed by atoms with van der Waals surface area (Å²) in [4.78, 5) is 35.8. The molecular formula is C25H24ClN7O2.